The minimum atomic E-state index is -5.70. The van der Waals surface area contributed by atoms with E-state index in [1.165, 1.54) is 154 Å². The van der Waals surface area contributed by atoms with Crippen molar-refractivity contribution < 1.29 is 117 Å². The first-order valence-corrected chi connectivity index (χ1v) is 40.5. The summed E-state index contributed by atoms with van der Waals surface area (Å²) in [6.07, 6.45) is 15.6. The maximum atomic E-state index is 14.3. The number of phosphoric acid groups is 1. The number of ether oxygens (including phenoxy) is 7. The minimum absolute atomic E-state index is 0.0325. The van der Waals surface area contributed by atoms with Gasteiger partial charge in [0, 0.05) is 19.3 Å². The van der Waals surface area contributed by atoms with Crippen molar-refractivity contribution in [2.75, 3.05) is 26.4 Å². The Balaban J connectivity index is 1.71. The van der Waals surface area contributed by atoms with E-state index in [0.717, 1.165) is 89.9 Å². The van der Waals surface area contributed by atoms with Gasteiger partial charge >= 0.3 is 25.7 Å². The molecule has 25 heteroatoms. The zero-order chi connectivity index (χ0) is 72.5. The second-order valence-corrected chi connectivity index (χ2v) is 29.5. The third-order valence-corrected chi connectivity index (χ3v) is 20.3. The molecule has 3 fully saturated rings. The van der Waals surface area contributed by atoms with E-state index in [9.17, 15) is 74.9 Å². The molecule has 99 heavy (non-hydrogen) atoms. The number of aliphatic hydroxyl groups excluding tert-OH is 10. The van der Waals surface area contributed by atoms with Crippen molar-refractivity contribution >= 4 is 25.7 Å². The lowest BCUT2D eigenvalue weighted by molar-refractivity contribution is -0.360. The predicted octanol–water partition coefficient (Wildman–Crippen LogP) is 11.1. The molecule has 1 aliphatic carbocycles. The highest BCUT2D eigenvalue weighted by Gasteiger charge is 2.58. The van der Waals surface area contributed by atoms with Gasteiger partial charge in [-0.2, -0.15) is 0 Å². The highest BCUT2D eigenvalue weighted by molar-refractivity contribution is 7.47. The lowest BCUT2D eigenvalue weighted by atomic mass is 9.84. The number of carbonyl (C=O) groups excluding carboxylic acids is 3. The molecule has 0 aromatic heterocycles. The second-order valence-electron chi connectivity index (χ2n) is 28.1. The molecule has 0 aromatic carbocycles. The number of aliphatic hydroxyl groups is 10. The Kier molecular flexibility index (Phi) is 51.5. The van der Waals surface area contributed by atoms with Gasteiger partial charge in [-0.05, 0) is 44.9 Å². The Morgan fingerprint density at radius 1 is 0.384 bits per heavy atom. The zero-order valence-corrected chi connectivity index (χ0v) is 61.7. The molecule has 24 nitrogen and oxygen atoms in total. The first-order valence-electron chi connectivity index (χ1n) is 39.0. The van der Waals surface area contributed by atoms with Crippen LogP contribution in [0, 0.1) is 0 Å². The first kappa shape index (κ1) is 90.9. The summed E-state index contributed by atoms with van der Waals surface area (Å²) in [7, 11) is -5.70. The average Bonchev–Trinajstić information content (AvgIpc) is 0.764. The zero-order valence-electron chi connectivity index (χ0n) is 60.8. The maximum Gasteiger partial charge on any atom is 0.472 e. The molecule has 2 saturated heterocycles. The fourth-order valence-corrected chi connectivity index (χ4v) is 13.9. The van der Waals surface area contributed by atoms with Gasteiger partial charge in [0.2, 0.25) is 0 Å². The number of esters is 3. The molecule has 0 aromatic rings. The van der Waals surface area contributed by atoms with Crippen LogP contribution in [0.1, 0.15) is 310 Å². The molecular weight excluding hydrogens is 1300 g/mol. The van der Waals surface area contributed by atoms with E-state index in [-0.39, 0.29) is 19.3 Å². The molecule has 3 aliphatic rings. The average molecular weight is 1440 g/mol. The highest BCUT2D eigenvalue weighted by Crippen LogP contribution is 2.49. The Bertz CT molecular complexity index is 2090. The normalized spacial score (nSPS) is 27.5. The van der Waals surface area contributed by atoms with Crippen molar-refractivity contribution in [1.82, 2.24) is 0 Å². The summed E-state index contributed by atoms with van der Waals surface area (Å²) in [5.41, 5.74) is 0. The van der Waals surface area contributed by atoms with Crippen molar-refractivity contribution in [2.45, 2.75) is 414 Å². The van der Waals surface area contributed by atoms with Crippen LogP contribution in [-0.2, 0) is 61.2 Å². The number of carbonyl (C=O) groups is 3. The van der Waals surface area contributed by atoms with Crippen molar-refractivity contribution in [1.29, 1.82) is 0 Å². The predicted molar refractivity (Wildman–Crippen MR) is 375 cm³/mol. The molecule has 0 amide bonds. The number of rotatable bonds is 61. The van der Waals surface area contributed by atoms with Gasteiger partial charge in [0.15, 0.2) is 18.7 Å². The molecule has 3 rings (SSSR count). The monoisotopic (exact) mass is 1440 g/mol. The Morgan fingerprint density at radius 2 is 0.707 bits per heavy atom. The molecule has 582 valence electrons. The van der Waals surface area contributed by atoms with E-state index in [0.29, 0.717) is 25.7 Å². The van der Waals surface area contributed by atoms with Crippen LogP contribution >= 0.6 is 7.82 Å². The third-order valence-electron chi connectivity index (χ3n) is 19.3. The lowest BCUT2D eigenvalue weighted by Gasteiger charge is -2.49. The van der Waals surface area contributed by atoms with Gasteiger partial charge in [-0.3, -0.25) is 23.4 Å². The van der Waals surface area contributed by atoms with Crippen LogP contribution < -0.4 is 0 Å². The molecule has 1 saturated carbocycles. The van der Waals surface area contributed by atoms with Gasteiger partial charge < -0.3 is 89.1 Å². The maximum absolute atomic E-state index is 14.3. The van der Waals surface area contributed by atoms with Crippen LogP contribution in [0.5, 0.6) is 0 Å². The number of allylic oxidation sites excluding steroid dienone is 2. The summed E-state index contributed by atoms with van der Waals surface area (Å²) < 4.78 is 65.0. The van der Waals surface area contributed by atoms with Gasteiger partial charge in [0.25, 0.3) is 0 Å². The second kappa shape index (κ2) is 56.1. The Labute approximate surface area is 592 Å². The molecule has 18 atom stereocenters. The standard InChI is InChI=1S/C74H137O24P/c1-4-7-10-13-16-19-22-25-27-28-29-32-34-37-40-43-46-49-59(77)91-54-57-62(80)64(82)69(87)74(95-57)97-71-67(85)65(83)66(84)70(96-73-68(86)63(81)61(79)56(51-75)94-73)72(71)98-99(88,89)92-53-55(93-60(78)50-47-44-41-38-35-30-24-21-18-15-12-9-6-3)52-90-58(76)48-45-42-39-36-33-31-26-23-20-17-14-11-8-5-2/h30,35,55-57,61-75,79-87H,4-29,31-34,36-54H2,1-3H3,(H,88,89)/b35-30-. The molecule has 18 unspecified atom stereocenters. The quantitative estimate of drug-likeness (QED) is 0.00886. The molecule has 0 bridgehead atoms. The topological polar surface area (TPSA) is 374 Å². The summed E-state index contributed by atoms with van der Waals surface area (Å²) in [4.78, 5) is 51.0. The van der Waals surface area contributed by atoms with Crippen molar-refractivity contribution in [3.8, 4) is 0 Å². The molecule has 11 N–H and O–H groups in total. The molecule has 0 spiro atoms. The van der Waals surface area contributed by atoms with Crippen LogP contribution in [0.4, 0.5) is 0 Å². The highest BCUT2D eigenvalue weighted by atomic mass is 31.2. The van der Waals surface area contributed by atoms with E-state index in [1.807, 2.05) is 0 Å². The van der Waals surface area contributed by atoms with E-state index < -0.39 is 156 Å². The summed E-state index contributed by atoms with van der Waals surface area (Å²) >= 11 is 0. The van der Waals surface area contributed by atoms with Crippen LogP contribution in [0.2, 0.25) is 0 Å². The largest absolute Gasteiger partial charge is 0.472 e. The summed E-state index contributed by atoms with van der Waals surface area (Å²) in [5.74, 6) is -2.00. The van der Waals surface area contributed by atoms with Crippen molar-refractivity contribution in [3.63, 3.8) is 0 Å². The molecule has 2 heterocycles. The van der Waals surface area contributed by atoms with Gasteiger partial charge in [-0.1, -0.05) is 258 Å². The van der Waals surface area contributed by atoms with Crippen LogP contribution in [0.3, 0.4) is 0 Å². The fraction of sp³-hybridized carbons (Fsp3) is 0.932. The Hall–Kier alpha value is -2.30. The Morgan fingerprint density at radius 3 is 1.10 bits per heavy atom. The van der Waals surface area contributed by atoms with E-state index in [4.69, 9.17) is 42.2 Å². The van der Waals surface area contributed by atoms with Gasteiger partial charge in [0.1, 0.15) is 98.7 Å². The summed E-state index contributed by atoms with van der Waals surface area (Å²) in [6, 6.07) is 0. The van der Waals surface area contributed by atoms with E-state index >= 15 is 0 Å². The van der Waals surface area contributed by atoms with E-state index in [1.54, 1.807) is 0 Å². The van der Waals surface area contributed by atoms with Gasteiger partial charge in [-0.15, -0.1) is 0 Å². The van der Waals surface area contributed by atoms with Crippen LogP contribution in [-0.4, -0.2) is 204 Å². The number of hydrogen-bond donors (Lipinski definition) is 11. The van der Waals surface area contributed by atoms with E-state index in [2.05, 4.69) is 32.9 Å². The minimum Gasteiger partial charge on any atom is -0.463 e. The summed E-state index contributed by atoms with van der Waals surface area (Å²) in [5, 5.41) is 110. The molecular formula is C74H137O24P. The number of unbranched alkanes of at least 4 members (excludes halogenated alkanes) is 38. The molecule has 0 radical (unpaired) electrons. The SMILES string of the molecule is CCCCCCCC/C=C\CCCCCC(=O)OC(COC(=O)CCCCCCCCCCCCCCCC)COP(=O)(O)OC1C(OC2OC(CO)C(O)C(O)C2O)C(O)C(O)C(O)C1OC1OC(COC(=O)CCCCCCCCCCCCCCCCCCC)C(O)C(O)C1O. The lowest BCUT2D eigenvalue weighted by Crippen LogP contribution is -2.69. The first-order chi connectivity index (χ1) is 47.8. The third kappa shape index (κ3) is 39.0. The number of phosphoric ester groups is 1. The molecule has 2 aliphatic heterocycles. The number of hydrogen-bond acceptors (Lipinski definition) is 23. The smallest absolute Gasteiger partial charge is 0.463 e. The van der Waals surface area contributed by atoms with Crippen LogP contribution in [0.15, 0.2) is 12.2 Å². The van der Waals surface area contributed by atoms with Crippen molar-refractivity contribution in [2.24, 2.45) is 0 Å². The van der Waals surface area contributed by atoms with Gasteiger partial charge in [-0.25, -0.2) is 4.57 Å². The van der Waals surface area contributed by atoms with Crippen LogP contribution in [0.25, 0.3) is 0 Å². The van der Waals surface area contributed by atoms with Gasteiger partial charge in [0.05, 0.1) is 13.2 Å². The summed E-state index contributed by atoms with van der Waals surface area (Å²) in [6.45, 7) is 3.45. The van der Waals surface area contributed by atoms with Crippen molar-refractivity contribution in [3.05, 3.63) is 12.2 Å². The fourth-order valence-electron chi connectivity index (χ4n) is 12.9.